The number of aldehydes is 1. The molecule has 124 valence electrons. The van der Waals surface area contributed by atoms with Gasteiger partial charge in [-0.15, -0.1) is 0 Å². The first-order chi connectivity index (χ1) is 10.9. The van der Waals surface area contributed by atoms with Crippen molar-refractivity contribution < 1.29 is 9.59 Å². The van der Waals surface area contributed by atoms with Gasteiger partial charge >= 0.3 is 0 Å². The molecule has 2 rings (SSSR count). The number of benzene rings is 1. The number of anilines is 1. The largest absolute Gasteiger partial charge is 0.309 e. The molecule has 1 aliphatic rings. The second kappa shape index (κ2) is 7.62. The van der Waals surface area contributed by atoms with Crippen molar-refractivity contribution in [2.24, 2.45) is 11.8 Å². The number of hydrogen-bond donors (Lipinski definition) is 3. The third kappa shape index (κ3) is 4.12. The minimum Gasteiger partial charge on any atom is -0.309 e. The van der Waals surface area contributed by atoms with Gasteiger partial charge in [0.15, 0.2) is 6.29 Å². The minimum atomic E-state index is -0.410. The van der Waals surface area contributed by atoms with E-state index >= 15 is 0 Å². The number of halogens is 1. The SMILES string of the molecule is CC(NNc1ccc(Cl)cc1)=C1CNC(C(C)C)C1C(=O)C=O. The molecule has 1 aromatic rings. The number of carbonyl (C=O) groups excluding carboxylic acids is 2. The van der Waals surface area contributed by atoms with Crippen molar-refractivity contribution in [2.45, 2.75) is 26.8 Å². The Kier molecular flexibility index (Phi) is 5.80. The first-order valence-electron chi connectivity index (χ1n) is 7.63. The average molecular weight is 336 g/mol. The molecule has 2 atom stereocenters. The zero-order valence-corrected chi connectivity index (χ0v) is 14.3. The first-order valence-corrected chi connectivity index (χ1v) is 8.01. The van der Waals surface area contributed by atoms with Crippen LogP contribution in [0.5, 0.6) is 0 Å². The fraction of sp³-hybridized carbons (Fsp3) is 0.412. The number of ketones is 1. The lowest BCUT2D eigenvalue weighted by molar-refractivity contribution is -0.132. The molecule has 5 nitrogen and oxygen atoms in total. The average Bonchev–Trinajstić information content (AvgIpc) is 2.98. The van der Waals surface area contributed by atoms with Crippen LogP contribution in [0.2, 0.25) is 5.02 Å². The number of hydrazine groups is 1. The van der Waals surface area contributed by atoms with Crippen LogP contribution in [0.4, 0.5) is 5.69 Å². The van der Waals surface area contributed by atoms with Crippen molar-refractivity contribution in [1.29, 1.82) is 0 Å². The summed E-state index contributed by atoms with van der Waals surface area (Å²) < 4.78 is 0. The standard InChI is InChI=1S/C17H22ClN3O2/c1-10(2)17-16(15(23)9-22)14(8-19-17)11(3)20-21-13-6-4-12(18)5-7-13/h4-7,9-10,16-17,19-21H,8H2,1-3H3. The van der Waals surface area contributed by atoms with Gasteiger partial charge in [-0.05, 0) is 42.7 Å². The molecule has 1 aliphatic heterocycles. The first kappa shape index (κ1) is 17.5. The summed E-state index contributed by atoms with van der Waals surface area (Å²) in [7, 11) is 0. The highest BCUT2D eigenvalue weighted by molar-refractivity contribution is 6.30. The summed E-state index contributed by atoms with van der Waals surface area (Å²) in [6.07, 6.45) is 0.424. The maximum Gasteiger partial charge on any atom is 0.203 e. The summed E-state index contributed by atoms with van der Waals surface area (Å²) in [6, 6.07) is 7.27. The van der Waals surface area contributed by atoms with Gasteiger partial charge in [-0.2, -0.15) is 0 Å². The normalized spacial score (nSPS) is 22.8. The van der Waals surface area contributed by atoms with Gasteiger partial charge in [-0.1, -0.05) is 25.4 Å². The second-order valence-electron chi connectivity index (χ2n) is 6.06. The van der Waals surface area contributed by atoms with Crippen molar-refractivity contribution >= 4 is 29.4 Å². The molecule has 1 aromatic carbocycles. The molecule has 2 unspecified atom stereocenters. The predicted molar refractivity (Wildman–Crippen MR) is 92.1 cm³/mol. The Labute approximate surface area is 141 Å². The maximum absolute atomic E-state index is 12.1. The molecule has 0 spiro atoms. The number of allylic oxidation sites excluding steroid dienone is 1. The monoisotopic (exact) mass is 335 g/mol. The Balaban J connectivity index is 2.15. The zero-order valence-electron chi connectivity index (χ0n) is 13.5. The van der Waals surface area contributed by atoms with Crippen molar-refractivity contribution in [2.75, 3.05) is 12.0 Å². The molecule has 0 radical (unpaired) electrons. The smallest absolute Gasteiger partial charge is 0.203 e. The van der Waals surface area contributed by atoms with Crippen molar-refractivity contribution in [3.63, 3.8) is 0 Å². The molecule has 0 bridgehead atoms. The molecule has 0 aromatic heterocycles. The molecule has 1 fully saturated rings. The lowest BCUT2D eigenvalue weighted by Gasteiger charge is -2.22. The van der Waals surface area contributed by atoms with Crippen LogP contribution in [0.15, 0.2) is 35.5 Å². The summed E-state index contributed by atoms with van der Waals surface area (Å²) in [5.74, 6) is -0.526. The van der Waals surface area contributed by atoms with Crippen LogP contribution in [0, 0.1) is 11.8 Å². The Morgan fingerprint density at radius 1 is 1.35 bits per heavy atom. The van der Waals surface area contributed by atoms with Gasteiger partial charge in [0.25, 0.3) is 0 Å². The number of rotatable bonds is 6. The van der Waals surface area contributed by atoms with E-state index < -0.39 is 5.92 Å². The fourth-order valence-electron chi connectivity index (χ4n) is 2.86. The van der Waals surface area contributed by atoms with Crippen LogP contribution in [-0.2, 0) is 9.59 Å². The van der Waals surface area contributed by atoms with Gasteiger partial charge in [0.05, 0.1) is 11.6 Å². The van der Waals surface area contributed by atoms with Gasteiger partial charge in [-0.25, -0.2) is 0 Å². The van der Waals surface area contributed by atoms with Crippen LogP contribution >= 0.6 is 11.6 Å². The summed E-state index contributed by atoms with van der Waals surface area (Å²) in [5.41, 5.74) is 8.81. The summed E-state index contributed by atoms with van der Waals surface area (Å²) >= 11 is 5.86. The quantitative estimate of drug-likeness (QED) is 0.423. The Hall–Kier alpha value is -1.85. The number of Topliss-reactive ketones (excluding diaryl/α,β-unsaturated/α-hetero) is 1. The van der Waals surface area contributed by atoms with Crippen LogP contribution < -0.4 is 16.2 Å². The summed E-state index contributed by atoms with van der Waals surface area (Å²) in [4.78, 5) is 23.0. The lowest BCUT2D eigenvalue weighted by atomic mass is 9.85. The lowest BCUT2D eigenvalue weighted by Crippen LogP contribution is -2.37. The number of hydrogen-bond acceptors (Lipinski definition) is 5. The molecule has 3 N–H and O–H groups in total. The highest BCUT2D eigenvalue weighted by atomic mass is 35.5. The van der Waals surface area contributed by atoms with Gasteiger partial charge in [0, 0.05) is 23.3 Å². The fourth-order valence-corrected chi connectivity index (χ4v) is 2.99. The van der Waals surface area contributed by atoms with Crippen LogP contribution in [0.3, 0.4) is 0 Å². The van der Waals surface area contributed by atoms with E-state index in [9.17, 15) is 9.59 Å². The van der Waals surface area contributed by atoms with Gasteiger partial charge in [-0.3, -0.25) is 9.59 Å². The molecule has 0 aliphatic carbocycles. The number of carbonyl (C=O) groups is 2. The number of nitrogens with one attached hydrogen (secondary N) is 3. The highest BCUT2D eigenvalue weighted by Gasteiger charge is 2.39. The maximum atomic E-state index is 12.1. The topological polar surface area (TPSA) is 70.2 Å². The Bertz CT molecular complexity index is 611. The van der Waals surface area contributed by atoms with Crippen molar-refractivity contribution in [3.8, 4) is 0 Å². The molecule has 23 heavy (non-hydrogen) atoms. The second-order valence-corrected chi connectivity index (χ2v) is 6.49. The zero-order chi connectivity index (χ0) is 17.0. The van der Waals surface area contributed by atoms with Crippen molar-refractivity contribution in [1.82, 2.24) is 10.7 Å². The predicted octanol–water partition coefficient (Wildman–Crippen LogP) is 2.54. The highest BCUT2D eigenvalue weighted by Crippen LogP contribution is 2.29. The van der Waals surface area contributed by atoms with E-state index in [4.69, 9.17) is 11.6 Å². The van der Waals surface area contributed by atoms with Gasteiger partial charge in [0.1, 0.15) is 0 Å². The minimum absolute atomic E-state index is 0.0185. The van der Waals surface area contributed by atoms with Crippen LogP contribution in [-0.4, -0.2) is 24.7 Å². The van der Waals surface area contributed by atoms with E-state index in [-0.39, 0.29) is 17.7 Å². The summed E-state index contributed by atoms with van der Waals surface area (Å²) in [6.45, 7) is 6.57. The Morgan fingerprint density at radius 2 is 2.00 bits per heavy atom. The molecule has 6 heteroatoms. The van der Waals surface area contributed by atoms with E-state index in [0.717, 1.165) is 17.0 Å². The van der Waals surface area contributed by atoms with Gasteiger partial charge in [0.2, 0.25) is 5.78 Å². The molecule has 1 heterocycles. The van der Waals surface area contributed by atoms with E-state index in [0.29, 0.717) is 17.9 Å². The molecule has 1 saturated heterocycles. The van der Waals surface area contributed by atoms with Crippen LogP contribution in [0.25, 0.3) is 0 Å². The molecule has 0 amide bonds. The van der Waals surface area contributed by atoms with E-state index in [1.807, 2.05) is 32.9 Å². The Morgan fingerprint density at radius 3 is 2.57 bits per heavy atom. The summed E-state index contributed by atoms with van der Waals surface area (Å²) in [5, 5.41) is 4.00. The molecular weight excluding hydrogens is 314 g/mol. The van der Waals surface area contributed by atoms with Gasteiger partial charge < -0.3 is 16.2 Å². The third-order valence-corrected chi connectivity index (χ3v) is 4.38. The molecular formula is C17H22ClN3O2. The molecule has 0 saturated carbocycles. The van der Waals surface area contributed by atoms with Crippen molar-refractivity contribution in [3.05, 3.63) is 40.6 Å². The van der Waals surface area contributed by atoms with Crippen LogP contribution in [0.1, 0.15) is 20.8 Å². The van der Waals surface area contributed by atoms with E-state index in [1.54, 1.807) is 12.1 Å². The van der Waals surface area contributed by atoms with E-state index in [2.05, 4.69) is 16.2 Å². The van der Waals surface area contributed by atoms with E-state index in [1.165, 1.54) is 0 Å². The third-order valence-electron chi connectivity index (χ3n) is 4.12.